The van der Waals surface area contributed by atoms with E-state index in [9.17, 15) is 4.39 Å². The van der Waals surface area contributed by atoms with Crippen LogP contribution in [0, 0.1) is 12.7 Å². The fraction of sp³-hybridized carbons (Fsp3) is 0.368. The Hall–Kier alpha value is -1.67. The zero-order valence-electron chi connectivity index (χ0n) is 13.1. The van der Waals surface area contributed by atoms with Crippen LogP contribution in [0.4, 0.5) is 4.39 Å². The standard InChI is InChI=1S/C19H24FN/c1-4-12-21-19(17-11-10-16(20)13-14(17)3)18-9-7-6-8-15(18)5-2/h6-11,13,19,21H,4-5,12H2,1-3H3. The summed E-state index contributed by atoms with van der Waals surface area (Å²) in [5.41, 5.74) is 4.79. The maximum atomic E-state index is 13.4. The van der Waals surface area contributed by atoms with Gasteiger partial charge in [-0.15, -0.1) is 0 Å². The van der Waals surface area contributed by atoms with Crippen LogP contribution in [0.2, 0.25) is 0 Å². The molecule has 1 nitrogen and oxygen atoms in total. The average molecular weight is 285 g/mol. The third-order valence-electron chi connectivity index (χ3n) is 3.89. The van der Waals surface area contributed by atoms with Crippen LogP contribution in [-0.4, -0.2) is 6.54 Å². The van der Waals surface area contributed by atoms with Crippen LogP contribution >= 0.6 is 0 Å². The van der Waals surface area contributed by atoms with E-state index in [4.69, 9.17) is 0 Å². The van der Waals surface area contributed by atoms with Crippen LogP contribution in [0.15, 0.2) is 42.5 Å². The maximum absolute atomic E-state index is 13.4. The van der Waals surface area contributed by atoms with Gasteiger partial charge in [0, 0.05) is 0 Å². The van der Waals surface area contributed by atoms with Gasteiger partial charge in [-0.05, 0) is 60.7 Å². The summed E-state index contributed by atoms with van der Waals surface area (Å²) >= 11 is 0. The molecule has 1 atom stereocenters. The van der Waals surface area contributed by atoms with E-state index in [0.717, 1.165) is 30.5 Å². The minimum atomic E-state index is -0.172. The fourth-order valence-corrected chi connectivity index (χ4v) is 2.78. The first kappa shape index (κ1) is 15.7. The van der Waals surface area contributed by atoms with Crippen molar-refractivity contribution in [1.82, 2.24) is 5.32 Å². The van der Waals surface area contributed by atoms with E-state index in [1.54, 1.807) is 12.1 Å². The second-order valence-corrected chi connectivity index (χ2v) is 5.44. The van der Waals surface area contributed by atoms with Crippen molar-refractivity contribution in [2.75, 3.05) is 6.54 Å². The molecule has 2 aromatic carbocycles. The monoisotopic (exact) mass is 285 g/mol. The molecule has 0 saturated heterocycles. The number of hydrogen-bond donors (Lipinski definition) is 1. The number of nitrogens with one attached hydrogen (secondary N) is 1. The molecule has 0 bridgehead atoms. The number of hydrogen-bond acceptors (Lipinski definition) is 1. The molecule has 1 unspecified atom stereocenters. The van der Waals surface area contributed by atoms with Gasteiger partial charge in [0.2, 0.25) is 0 Å². The van der Waals surface area contributed by atoms with Crippen LogP contribution in [0.5, 0.6) is 0 Å². The van der Waals surface area contributed by atoms with Crippen molar-refractivity contribution in [1.29, 1.82) is 0 Å². The number of aryl methyl sites for hydroxylation is 2. The molecule has 0 aromatic heterocycles. The van der Waals surface area contributed by atoms with Gasteiger partial charge in [0.1, 0.15) is 5.82 Å². The molecule has 0 amide bonds. The predicted molar refractivity (Wildman–Crippen MR) is 87.1 cm³/mol. The van der Waals surface area contributed by atoms with Crippen molar-refractivity contribution in [3.8, 4) is 0 Å². The van der Waals surface area contributed by atoms with E-state index in [-0.39, 0.29) is 11.9 Å². The van der Waals surface area contributed by atoms with Gasteiger partial charge < -0.3 is 5.32 Å². The van der Waals surface area contributed by atoms with Gasteiger partial charge in [-0.2, -0.15) is 0 Å². The normalized spacial score (nSPS) is 12.4. The minimum absolute atomic E-state index is 0.127. The molecule has 0 radical (unpaired) electrons. The van der Waals surface area contributed by atoms with Crippen molar-refractivity contribution in [2.45, 2.75) is 39.7 Å². The summed E-state index contributed by atoms with van der Waals surface area (Å²) < 4.78 is 13.4. The Morgan fingerprint density at radius 3 is 2.48 bits per heavy atom. The van der Waals surface area contributed by atoms with Gasteiger partial charge in [0.15, 0.2) is 0 Å². The van der Waals surface area contributed by atoms with E-state index in [0.29, 0.717) is 0 Å². The van der Waals surface area contributed by atoms with E-state index >= 15 is 0 Å². The SMILES string of the molecule is CCCNC(c1ccc(F)cc1C)c1ccccc1CC. The molecule has 2 rings (SSSR count). The fourth-order valence-electron chi connectivity index (χ4n) is 2.78. The van der Waals surface area contributed by atoms with Crippen molar-refractivity contribution in [2.24, 2.45) is 0 Å². The molecule has 2 heteroatoms. The Labute approximate surface area is 127 Å². The Morgan fingerprint density at radius 2 is 1.81 bits per heavy atom. The summed E-state index contributed by atoms with van der Waals surface area (Å²) in [4.78, 5) is 0. The van der Waals surface area contributed by atoms with Gasteiger partial charge >= 0.3 is 0 Å². The molecule has 0 heterocycles. The summed E-state index contributed by atoms with van der Waals surface area (Å²) in [6.07, 6.45) is 2.08. The largest absolute Gasteiger partial charge is 0.306 e. The molecular weight excluding hydrogens is 261 g/mol. The van der Waals surface area contributed by atoms with Crippen LogP contribution in [0.3, 0.4) is 0 Å². The van der Waals surface area contributed by atoms with Crippen LogP contribution in [0.1, 0.15) is 48.6 Å². The molecule has 0 saturated carbocycles. The smallest absolute Gasteiger partial charge is 0.123 e. The van der Waals surface area contributed by atoms with Gasteiger partial charge in [-0.3, -0.25) is 0 Å². The minimum Gasteiger partial charge on any atom is -0.306 e. The predicted octanol–water partition coefficient (Wildman–Crippen LogP) is 4.79. The lowest BCUT2D eigenvalue weighted by Crippen LogP contribution is -2.25. The highest BCUT2D eigenvalue weighted by molar-refractivity contribution is 5.41. The maximum Gasteiger partial charge on any atom is 0.123 e. The summed E-state index contributed by atoms with van der Waals surface area (Å²) in [7, 11) is 0. The number of rotatable bonds is 6. The van der Waals surface area contributed by atoms with Crippen LogP contribution in [-0.2, 0) is 6.42 Å². The van der Waals surface area contributed by atoms with E-state index in [1.165, 1.54) is 11.1 Å². The third kappa shape index (κ3) is 3.70. The number of benzene rings is 2. The van der Waals surface area contributed by atoms with Crippen molar-refractivity contribution in [3.05, 3.63) is 70.5 Å². The molecule has 0 aliphatic rings. The lowest BCUT2D eigenvalue weighted by Gasteiger charge is -2.24. The van der Waals surface area contributed by atoms with Gasteiger partial charge in [-0.1, -0.05) is 44.2 Å². The molecular formula is C19H24FN. The zero-order valence-corrected chi connectivity index (χ0v) is 13.1. The molecule has 0 spiro atoms. The first-order valence-corrected chi connectivity index (χ1v) is 7.74. The molecule has 0 aliphatic carbocycles. The summed E-state index contributed by atoms with van der Waals surface area (Å²) in [5, 5.41) is 3.61. The number of halogens is 1. The highest BCUT2D eigenvalue weighted by Gasteiger charge is 2.18. The lowest BCUT2D eigenvalue weighted by molar-refractivity contribution is 0.586. The van der Waals surface area contributed by atoms with E-state index in [2.05, 4.69) is 43.4 Å². The van der Waals surface area contributed by atoms with E-state index in [1.807, 2.05) is 13.0 Å². The first-order chi connectivity index (χ1) is 10.2. The quantitative estimate of drug-likeness (QED) is 0.805. The van der Waals surface area contributed by atoms with Crippen LogP contribution < -0.4 is 5.32 Å². The van der Waals surface area contributed by atoms with Crippen molar-refractivity contribution in [3.63, 3.8) is 0 Å². The third-order valence-corrected chi connectivity index (χ3v) is 3.89. The molecule has 0 aliphatic heterocycles. The van der Waals surface area contributed by atoms with Crippen molar-refractivity contribution >= 4 is 0 Å². The lowest BCUT2D eigenvalue weighted by atomic mass is 9.91. The first-order valence-electron chi connectivity index (χ1n) is 7.74. The van der Waals surface area contributed by atoms with Gasteiger partial charge in [0.05, 0.1) is 6.04 Å². The molecule has 112 valence electrons. The zero-order chi connectivity index (χ0) is 15.2. The second kappa shape index (κ2) is 7.37. The Bertz CT molecular complexity index is 592. The molecule has 0 fully saturated rings. The van der Waals surface area contributed by atoms with Crippen molar-refractivity contribution < 1.29 is 4.39 Å². The highest BCUT2D eigenvalue weighted by atomic mass is 19.1. The topological polar surface area (TPSA) is 12.0 Å². The van der Waals surface area contributed by atoms with Gasteiger partial charge in [-0.25, -0.2) is 4.39 Å². The Kier molecular flexibility index (Phi) is 5.51. The Balaban J connectivity index is 2.47. The Morgan fingerprint density at radius 1 is 1.05 bits per heavy atom. The average Bonchev–Trinajstić information content (AvgIpc) is 2.49. The van der Waals surface area contributed by atoms with Crippen LogP contribution in [0.25, 0.3) is 0 Å². The molecule has 2 aromatic rings. The summed E-state index contributed by atoms with van der Waals surface area (Å²) in [6, 6.07) is 13.7. The summed E-state index contributed by atoms with van der Waals surface area (Å²) in [5.74, 6) is -0.172. The van der Waals surface area contributed by atoms with E-state index < -0.39 is 0 Å². The highest BCUT2D eigenvalue weighted by Crippen LogP contribution is 2.28. The van der Waals surface area contributed by atoms with Gasteiger partial charge in [0.25, 0.3) is 0 Å². The molecule has 1 N–H and O–H groups in total. The second-order valence-electron chi connectivity index (χ2n) is 5.44. The molecule has 21 heavy (non-hydrogen) atoms. The summed E-state index contributed by atoms with van der Waals surface area (Å²) in [6.45, 7) is 7.26.